The smallest absolute Gasteiger partial charge is 0.224 e. The molecule has 0 bridgehead atoms. The molecule has 4 rings (SSSR count). The molecule has 0 spiro atoms. The molecule has 0 radical (unpaired) electrons. The minimum atomic E-state index is -1.90. The Kier molecular flexibility index (Phi) is 5.68. The number of anilines is 4. The fourth-order valence-electron chi connectivity index (χ4n) is 3.58. The Hall–Kier alpha value is -4.44. The summed E-state index contributed by atoms with van der Waals surface area (Å²) < 4.78 is 57.1. The van der Waals surface area contributed by atoms with Gasteiger partial charge < -0.3 is 21.9 Å². The number of nitrogens with two attached hydrogens (primary N) is 2. The number of halogens is 4. The van der Waals surface area contributed by atoms with Crippen molar-refractivity contribution in [1.82, 2.24) is 9.97 Å². The average Bonchev–Trinajstić information content (AvgIpc) is 2.74. The van der Waals surface area contributed by atoms with Gasteiger partial charge in [0.25, 0.3) is 0 Å². The molecule has 2 unspecified atom stereocenters. The molecule has 1 aromatic heterocycles. The van der Waals surface area contributed by atoms with Crippen LogP contribution >= 0.6 is 0 Å². The first-order valence-corrected chi connectivity index (χ1v) is 9.70. The monoisotopic (exact) mass is 472 g/mol. The van der Waals surface area contributed by atoms with Crippen molar-refractivity contribution in [2.75, 3.05) is 21.7 Å². The van der Waals surface area contributed by atoms with E-state index < -0.39 is 46.8 Å². The molecule has 1 aliphatic rings. The molecule has 0 amide bonds. The third-order valence-electron chi connectivity index (χ3n) is 5.02. The average molecular weight is 472 g/mol. The number of fused-ring (bicyclic) bond motifs is 1. The molecule has 174 valence electrons. The number of nitrogens with zero attached hydrogens (tertiary/aromatic N) is 5. The maximum Gasteiger partial charge on any atom is 0.224 e. The second kappa shape index (κ2) is 8.49. The lowest BCUT2D eigenvalue weighted by atomic mass is 10.0. The number of hydrogen-bond acceptors (Lipinski definition) is 9. The molecular formula is C21H16F4N8O. The van der Waals surface area contributed by atoms with Crippen LogP contribution in [0.4, 0.5) is 46.5 Å². The van der Waals surface area contributed by atoms with Gasteiger partial charge in [0, 0.05) is 6.07 Å². The molecule has 0 fully saturated rings. The molecule has 9 nitrogen and oxygen atoms in total. The Morgan fingerprint density at radius 3 is 2.38 bits per heavy atom. The number of rotatable bonds is 4. The van der Waals surface area contributed by atoms with E-state index in [0.717, 1.165) is 29.2 Å². The lowest BCUT2D eigenvalue weighted by Crippen LogP contribution is -2.46. The molecule has 0 aliphatic carbocycles. The molecule has 0 saturated carbocycles. The second-order valence-electron chi connectivity index (χ2n) is 7.30. The molecule has 2 heterocycles. The number of nitrogen functional groups attached to an aromatic ring is 2. The summed E-state index contributed by atoms with van der Waals surface area (Å²) in [6.45, 7) is 1.48. The lowest BCUT2D eigenvalue weighted by molar-refractivity contribution is 0.180. The van der Waals surface area contributed by atoms with E-state index in [1.54, 1.807) is 0 Å². The molecule has 1 aliphatic heterocycles. The van der Waals surface area contributed by atoms with Gasteiger partial charge in [-0.1, -0.05) is 0 Å². The van der Waals surface area contributed by atoms with Crippen molar-refractivity contribution in [1.29, 1.82) is 5.26 Å². The van der Waals surface area contributed by atoms with Gasteiger partial charge in [-0.2, -0.15) is 15.2 Å². The summed E-state index contributed by atoms with van der Waals surface area (Å²) in [5, 5.41) is 23.2. The van der Waals surface area contributed by atoms with Crippen molar-refractivity contribution in [2.45, 2.75) is 19.2 Å². The summed E-state index contributed by atoms with van der Waals surface area (Å²) in [7, 11) is 0. The third-order valence-corrected chi connectivity index (χ3v) is 5.02. The lowest BCUT2D eigenvalue weighted by Gasteiger charge is -2.37. The van der Waals surface area contributed by atoms with Crippen LogP contribution in [0.1, 0.15) is 24.3 Å². The molecule has 13 heteroatoms. The van der Waals surface area contributed by atoms with Gasteiger partial charge in [-0.25, -0.2) is 22.6 Å². The molecule has 0 saturated heterocycles. The first-order valence-electron chi connectivity index (χ1n) is 9.70. The quantitative estimate of drug-likeness (QED) is 0.423. The van der Waals surface area contributed by atoms with Crippen LogP contribution in [-0.2, 0) is 0 Å². The Morgan fingerprint density at radius 2 is 1.74 bits per heavy atom. The summed E-state index contributed by atoms with van der Waals surface area (Å²) >= 11 is 0. The summed E-state index contributed by atoms with van der Waals surface area (Å²) in [6, 6.07) is 4.83. The van der Waals surface area contributed by atoms with Crippen LogP contribution in [0.25, 0.3) is 0 Å². The minimum absolute atomic E-state index is 0.104. The highest BCUT2D eigenvalue weighted by Crippen LogP contribution is 2.40. The number of aliphatic hydroxyl groups excluding tert-OH is 1. The molecule has 2 aromatic carbocycles. The number of nitriles is 1. The van der Waals surface area contributed by atoms with Gasteiger partial charge >= 0.3 is 0 Å². The Morgan fingerprint density at radius 1 is 1.09 bits per heavy atom. The molecule has 34 heavy (non-hydrogen) atoms. The van der Waals surface area contributed by atoms with Crippen LogP contribution < -0.4 is 21.7 Å². The number of aliphatic imine (C=N–C) groups is 1. The van der Waals surface area contributed by atoms with E-state index in [1.807, 2.05) is 6.07 Å². The summed E-state index contributed by atoms with van der Waals surface area (Å²) in [5.41, 5.74) is 9.92. The van der Waals surface area contributed by atoms with Crippen LogP contribution in [0.2, 0.25) is 0 Å². The van der Waals surface area contributed by atoms with Gasteiger partial charge in [-0.05, 0) is 31.2 Å². The third kappa shape index (κ3) is 3.90. The van der Waals surface area contributed by atoms with Gasteiger partial charge in [0.05, 0.1) is 17.3 Å². The standard InChI is InChI=1S/C21H16F4N8O/c1-8(29-18-12(7-26)17(27)31-21(28)32-18)19-30-16-14(25)3-2-13(24)15(16)20(34)33(19)11-5-9(22)4-10(23)6-11/h2-6,8,20,34H,1H3,(H5,27,28,29,31,32). The van der Waals surface area contributed by atoms with Crippen LogP contribution in [0, 0.1) is 34.6 Å². The Bertz CT molecular complexity index is 1350. The number of hydrogen-bond donors (Lipinski definition) is 4. The van der Waals surface area contributed by atoms with E-state index in [-0.39, 0.29) is 34.7 Å². The van der Waals surface area contributed by atoms with Crippen LogP contribution in [-0.4, -0.2) is 27.0 Å². The van der Waals surface area contributed by atoms with E-state index in [2.05, 4.69) is 20.3 Å². The zero-order valence-corrected chi connectivity index (χ0v) is 17.4. The van der Waals surface area contributed by atoms with Crippen molar-refractivity contribution in [2.24, 2.45) is 4.99 Å². The van der Waals surface area contributed by atoms with Crippen molar-refractivity contribution < 1.29 is 22.7 Å². The highest BCUT2D eigenvalue weighted by Gasteiger charge is 2.36. The van der Waals surface area contributed by atoms with Gasteiger partial charge in [0.2, 0.25) is 5.95 Å². The predicted molar refractivity (Wildman–Crippen MR) is 116 cm³/mol. The Labute approximate surface area is 190 Å². The number of nitrogens with one attached hydrogen (secondary N) is 1. The fourth-order valence-corrected chi connectivity index (χ4v) is 3.58. The number of amidine groups is 1. The topological polar surface area (TPSA) is 149 Å². The van der Waals surface area contributed by atoms with Crippen LogP contribution in [0.3, 0.4) is 0 Å². The fraction of sp³-hybridized carbons (Fsp3) is 0.143. The summed E-state index contributed by atoms with van der Waals surface area (Å²) in [5.74, 6) is -4.60. The van der Waals surface area contributed by atoms with E-state index in [0.29, 0.717) is 6.07 Å². The van der Waals surface area contributed by atoms with Crippen molar-refractivity contribution in [3.8, 4) is 6.07 Å². The zero-order chi connectivity index (χ0) is 24.7. The first-order chi connectivity index (χ1) is 16.1. The maximum atomic E-state index is 14.5. The van der Waals surface area contributed by atoms with Crippen molar-refractivity contribution >= 4 is 34.8 Å². The van der Waals surface area contributed by atoms with E-state index >= 15 is 0 Å². The molecule has 6 N–H and O–H groups in total. The second-order valence-corrected chi connectivity index (χ2v) is 7.30. The zero-order valence-electron chi connectivity index (χ0n) is 17.4. The SMILES string of the molecule is CC(Nc1nc(N)nc(N)c1C#N)C1=Nc2c(F)ccc(F)c2C(O)N1c1cc(F)cc(F)c1. The van der Waals surface area contributed by atoms with Gasteiger partial charge in [0.15, 0.2) is 12.0 Å². The largest absolute Gasteiger partial charge is 0.382 e. The normalized spacial score (nSPS) is 15.9. The van der Waals surface area contributed by atoms with Crippen molar-refractivity contribution in [3.63, 3.8) is 0 Å². The molecule has 2 atom stereocenters. The van der Waals surface area contributed by atoms with E-state index in [4.69, 9.17) is 11.5 Å². The first kappa shape index (κ1) is 22.7. The van der Waals surface area contributed by atoms with Crippen molar-refractivity contribution in [3.05, 3.63) is 64.7 Å². The minimum Gasteiger partial charge on any atom is -0.382 e. The number of benzene rings is 2. The summed E-state index contributed by atoms with van der Waals surface area (Å²) in [4.78, 5) is 12.7. The van der Waals surface area contributed by atoms with E-state index in [1.165, 1.54) is 6.92 Å². The highest BCUT2D eigenvalue weighted by atomic mass is 19.1. The van der Waals surface area contributed by atoms with Crippen LogP contribution in [0.15, 0.2) is 35.3 Å². The van der Waals surface area contributed by atoms with Gasteiger partial charge in [0.1, 0.15) is 52.2 Å². The van der Waals surface area contributed by atoms with Crippen LogP contribution in [0.5, 0.6) is 0 Å². The van der Waals surface area contributed by atoms with Gasteiger partial charge in [-0.15, -0.1) is 0 Å². The summed E-state index contributed by atoms with van der Waals surface area (Å²) in [6.07, 6.45) is -1.90. The van der Waals surface area contributed by atoms with E-state index in [9.17, 15) is 27.9 Å². The van der Waals surface area contributed by atoms with Gasteiger partial charge in [-0.3, -0.25) is 4.90 Å². The highest BCUT2D eigenvalue weighted by molar-refractivity contribution is 6.06. The Balaban J connectivity index is 1.89. The maximum absolute atomic E-state index is 14.5. The number of aromatic nitrogens is 2. The number of aliphatic hydroxyl groups is 1. The predicted octanol–water partition coefficient (Wildman–Crippen LogP) is 3.11. The molecular weight excluding hydrogens is 456 g/mol. The molecule has 3 aromatic rings.